The standard InChI is InChI=1S/C14H17N3O2S/c15-10-13-5-1-2-6-14(13)20(18,19)17-9-7-12-4-3-8-16-11-12/h1-6,8,11,17H,7,9-10,15H2. The molecule has 0 saturated heterocycles. The highest BCUT2D eigenvalue weighted by molar-refractivity contribution is 7.89. The van der Waals surface area contributed by atoms with Crippen molar-refractivity contribution in [3.05, 3.63) is 59.9 Å². The van der Waals surface area contributed by atoms with Gasteiger partial charge in [0.15, 0.2) is 0 Å². The molecule has 3 N–H and O–H groups in total. The van der Waals surface area contributed by atoms with Gasteiger partial charge in [-0.1, -0.05) is 24.3 Å². The first-order valence-electron chi connectivity index (χ1n) is 6.30. The number of hydrogen-bond donors (Lipinski definition) is 2. The predicted octanol–water partition coefficient (Wildman–Crippen LogP) is 1.06. The maximum absolute atomic E-state index is 12.2. The van der Waals surface area contributed by atoms with Crippen LogP contribution in [-0.4, -0.2) is 19.9 Å². The molecule has 0 amide bonds. The normalized spacial score (nSPS) is 11.4. The van der Waals surface area contributed by atoms with E-state index in [0.29, 0.717) is 18.5 Å². The van der Waals surface area contributed by atoms with Gasteiger partial charge in [-0.2, -0.15) is 0 Å². The number of pyridine rings is 1. The van der Waals surface area contributed by atoms with Crippen LogP contribution in [-0.2, 0) is 23.0 Å². The molecule has 2 rings (SSSR count). The second-order valence-corrected chi connectivity index (χ2v) is 6.06. The lowest BCUT2D eigenvalue weighted by Gasteiger charge is -2.10. The molecule has 20 heavy (non-hydrogen) atoms. The van der Waals surface area contributed by atoms with Gasteiger partial charge in [0.1, 0.15) is 0 Å². The highest BCUT2D eigenvalue weighted by atomic mass is 32.2. The smallest absolute Gasteiger partial charge is 0.240 e. The van der Waals surface area contributed by atoms with Crippen molar-refractivity contribution in [1.82, 2.24) is 9.71 Å². The molecule has 106 valence electrons. The second kappa shape index (κ2) is 6.60. The minimum Gasteiger partial charge on any atom is -0.326 e. The zero-order chi connectivity index (χ0) is 14.4. The SMILES string of the molecule is NCc1ccccc1S(=O)(=O)NCCc1cccnc1. The number of sulfonamides is 1. The van der Waals surface area contributed by atoms with Crippen LogP contribution in [0.2, 0.25) is 0 Å². The van der Waals surface area contributed by atoms with E-state index >= 15 is 0 Å². The largest absolute Gasteiger partial charge is 0.326 e. The Morgan fingerprint density at radius 2 is 1.95 bits per heavy atom. The summed E-state index contributed by atoms with van der Waals surface area (Å²) in [6.45, 7) is 0.520. The number of benzene rings is 1. The number of nitrogens with two attached hydrogens (primary N) is 1. The van der Waals surface area contributed by atoms with Gasteiger partial charge >= 0.3 is 0 Å². The van der Waals surface area contributed by atoms with E-state index in [4.69, 9.17) is 5.73 Å². The fourth-order valence-electron chi connectivity index (χ4n) is 1.89. The van der Waals surface area contributed by atoms with E-state index in [2.05, 4.69) is 9.71 Å². The summed E-state index contributed by atoms with van der Waals surface area (Å²) in [4.78, 5) is 4.24. The first-order chi connectivity index (χ1) is 9.63. The van der Waals surface area contributed by atoms with Crippen molar-refractivity contribution in [2.45, 2.75) is 17.9 Å². The minimum atomic E-state index is -3.52. The Kier molecular flexibility index (Phi) is 4.84. The van der Waals surface area contributed by atoms with E-state index < -0.39 is 10.0 Å². The zero-order valence-corrected chi connectivity index (χ0v) is 11.8. The summed E-state index contributed by atoms with van der Waals surface area (Å²) in [5.74, 6) is 0. The summed E-state index contributed by atoms with van der Waals surface area (Å²) in [6.07, 6.45) is 4.01. The van der Waals surface area contributed by atoms with Gasteiger partial charge in [-0.05, 0) is 29.7 Å². The topological polar surface area (TPSA) is 85.1 Å². The van der Waals surface area contributed by atoms with E-state index in [9.17, 15) is 8.42 Å². The van der Waals surface area contributed by atoms with Crippen molar-refractivity contribution < 1.29 is 8.42 Å². The quantitative estimate of drug-likeness (QED) is 0.833. The van der Waals surface area contributed by atoms with Crippen molar-refractivity contribution in [1.29, 1.82) is 0 Å². The molecule has 0 unspecified atom stereocenters. The highest BCUT2D eigenvalue weighted by Crippen LogP contribution is 2.14. The zero-order valence-electron chi connectivity index (χ0n) is 11.0. The molecule has 1 heterocycles. The average molecular weight is 291 g/mol. The number of aromatic nitrogens is 1. The molecule has 1 aromatic heterocycles. The Labute approximate surface area is 118 Å². The van der Waals surface area contributed by atoms with Crippen LogP contribution in [0.15, 0.2) is 53.7 Å². The highest BCUT2D eigenvalue weighted by Gasteiger charge is 2.16. The third-order valence-electron chi connectivity index (χ3n) is 2.91. The lowest BCUT2D eigenvalue weighted by Crippen LogP contribution is -2.27. The Morgan fingerprint density at radius 1 is 1.15 bits per heavy atom. The molecule has 1 aromatic carbocycles. The van der Waals surface area contributed by atoms with Crippen molar-refractivity contribution >= 4 is 10.0 Å². The number of nitrogens with zero attached hydrogens (tertiary/aromatic N) is 1. The summed E-state index contributed by atoms with van der Waals surface area (Å²) in [5, 5.41) is 0. The van der Waals surface area contributed by atoms with E-state index in [1.54, 1.807) is 36.7 Å². The van der Waals surface area contributed by atoms with E-state index in [-0.39, 0.29) is 11.4 Å². The van der Waals surface area contributed by atoms with Crippen molar-refractivity contribution in [2.24, 2.45) is 5.73 Å². The van der Waals surface area contributed by atoms with Crippen LogP contribution in [0.3, 0.4) is 0 Å². The van der Waals surface area contributed by atoms with E-state index in [1.165, 1.54) is 0 Å². The molecular formula is C14H17N3O2S. The molecule has 0 radical (unpaired) electrons. The van der Waals surface area contributed by atoms with Crippen LogP contribution in [0.5, 0.6) is 0 Å². The Balaban J connectivity index is 2.04. The first-order valence-corrected chi connectivity index (χ1v) is 7.78. The number of nitrogens with one attached hydrogen (secondary N) is 1. The Morgan fingerprint density at radius 3 is 2.65 bits per heavy atom. The Hall–Kier alpha value is -1.76. The van der Waals surface area contributed by atoms with Gasteiger partial charge in [0.05, 0.1) is 4.90 Å². The molecule has 0 aliphatic carbocycles. The summed E-state index contributed by atoms with van der Waals surface area (Å²) < 4.78 is 27.0. The molecule has 5 nitrogen and oxygen atoms in total. The predicted molar refractivity (Wildman–Crippen MR) is 77.5 cm³/mol. The monoisotopic (exact) mass is 291 g/mol. The van der Waals surface area contributed by atoms with Crippen LogP contribution in [0.1, 0.15) is 11.1 Å². The molecule has 0 fully saturated rings. The van der Waals surface area contributed by atoms with E-state index in [1.807, 2.05) is 12.1 Å². The summed E-state index contributed by atoms with van der Waals surface area (Å²) >= 11 is 0. The fraction of sp³-hybridized carbons (Fsp3) is 0.214. The van der Waals surface area contributed by atoms with Crippen LogP contribution < -0.4 is 10.5 Å². The van der Waals surface area contributed by atoms with Gasteiger partial charge < -0.3 is 5.73 Å². The summed E-state index contributed by atoms with van der Waals surface area (Å²) in [7, 11) is -3.52. The molecule has 0 aliphatic rings. The maximum atomic E-state index is 12.2. The van der Waals surface area contributed by atoms with Crippen LogP contribution in [0.4, 0.5) is 0 Å². The molecule has 0 atom stereocenters. The van der Waals surface area contributed by atoms with E-state index in [0.717, 1.165) is 5.56 Å². The molecule has 0 aliphatic heterocycles. The second-order valence-electron chi connectivity index (χ2n) is 4.32. The van der Waals surface area contributed by atoms with Crippen molar-refractivity contribution in [3.8, 4) is 0 Å². The van der Waals surface area contributed by atoms with Crippen LogP contribution >= 0.6 is 0 Å². The Bertz CT molecular complexity index is 657. The van der Waals surface area contributed by atoms with Gasteiger partial charge in [0.25, 0.3) is 0 Å². The third-order valence-corrected chi connectivity index (χ3v) is 4.47. The van der Waals surface area contributed by atoms with Gasteiger partial charge in [-0.25, -0.2) is 13.1 Å². The third kappa shape index (κ3) is 3.63. The van der Waals surface area contributed by atoms with Crippen molar-refractivity contribution in [3.63, 3.8) is 0 Å². The fourth-order valence-corrected chi connectivity index (χ4v) is 3.17. The van der Waals surface area contributed by atoms with Gasteiger partial charge in [0.2, 0.25) is 10.0 Å². The first kappa shape index (κ1) is 14.6. The van der Waals surface area contributed by atoms with Gasteiger partial charge in [0, 0.05) is 25.5 Å². The van der Waals surface area contributed by atoms with Crippen LogP contribution in [0.25, 0.3) is 0 Å². The molecule has 0 bridgehead atoms. The molecular weight excluding hydrogens is 274 g/mol. The lowest BCUT2D eigenvalue weighted by atomic mass is 10.2. The molecule has 0 saturated carbocycles. The molecule has 2 aromatic rings. The maximum Gasteiger partial charge on any atom is 0.240 e. The van der Waals surface area contributed by atoms with Crippen molar-refractivity contribution in [2.75, 3.05) is 6.54 Å². The number of hydrogen-bond acceptors (Lipinski definition) is 4. The molecule has 0 spiro atoms. The van der Waals surface area contributed by atoms with Gasteiger partial charge in [-0.3, -0.25) is 4.98 Å². The van der Waals surface area contributed by atoms with Gasteiger partial charge in [-0.15, -0.1) is 0 Å². The average Bonchev–Trinajstić information content (AvgIpc) is 2.48. The molecule has 6 heteroatoms. The summed E-state index contributed by atoms with van der Waals surface area (Å²) in [5.41, 5.74) is 7.17. The summed E-state index contributed by atoms with van der Waals surface area (Å²) in [6, 6.07) is 10.5. The number of rotatable bonds is 6. The lowest BCUT2D eigenvalue weighted by molar-refractivity contribution is 0.580. The minimum absolute atomic E-state index is 0.194. The van der Waals surface area contributed by atoms with Crippen LogP contribution in [0, 0.1) is 0 Å².